The predicted molar refractivity (Wildman–Crippen MR) is 235 cm³/mol. The Kier molecular flexibility index (Phi) is 27.3. The third kappa shape index (κ3) is 16.4. The molecule has 1 unspecified atom stereocenters. The second-order valence-corrected chi connectivity index (χ2v) is 14.0. The monoisotopic (exact) mass is 965 g/mol. The summed E-state index contributed by atoms with van der Waals surface area (Å²) in [5.74, 6) is 0.134. The topological polar surface area (TPSA) is 169 Å². The molecule has 2 fully saturated rings. The number of hydrogen-bond donors (Lipinski definition) is 1. The third-order valence-electron chi connectivity index (χ3n) is 9.38. The van der Waals surface area contributed by atoms with Gasteiger partial charge in [-0.2, -0.15) is 0 Å². The fourth-order valence-electron chi connectivity index (χ4n) is 6.44. The van der Waals surface area contributed by atoms with Crippen molar-refractivity contribution in [1.82, 2.24) is 25.3 Å². The SMILES string of the molecule is C.CC1CCCN1.COC(=O)c1ccc2nc(-c3ccccc3)c(Br)nc2c1.COC(=O)c1ccc2nc(-c3ccccc3)c(N3CCC[C@@H]3C)nc2c1.O=CO[O-].[2H]CF.[H-].[K+].[K+]. The molecule has 62 heavy (non-hydrogen) atoms. The first-order valence-corrected chi connectivity index (χ1v) is 19.5. The zero-order valence-corrected chi connectivity index (χ0v) is 43.1. The van der Waals surface area contributed by atoms with Gasteiger partial charge in [0.2, 0.25) is 0 Å². The summed E-state index contributed by atoms with van der Waals surface area (Å²) in [6, 6.07) is 31.6. The summed E-state index contributed by atoms with van der Waals surface area (Å²) in [7, 11) is 1.74. The fraction of sp³-hybridized carbons (Fsp3) is 0.311. The number of methoxy groups -OCH3 is 2. The summed E-state index contributed by atoms with van der Waals surface area (Å²) in [6.45, 7) is 6.48. The first-order chi connectivity index (χ1) is 29.1. The van der Waals surface area contributed by atoms with Crippen molar-refractivity contribution in [1.29, 1.82) is 0 Å². The first-order valence-electron chi connectivity index (χ1n) is 19.4. The minimum Gasteiger partial charge on any atom is -1.00 e. The first kappa shape index (κ1) is 55.5. The number of esters is 2. The molecule has 0 spiro atoms. The molecule has 1 N–H and O–H groups in total. The Labute approximate surface area is 459 Å². The molecule has 2 aliphatic rings. The number of carbonyl (C=O) groups is 3. The Morgan fingerprint density at radius 3 is 1.69 bits per heavy atom. The normalized spacial score (nSPS) is 14.6. The van der Waals surface area contributed by atoms with Crippen LogP contribution in [0.25, 0.3) is 44.6 Å². The number of nitrogens with zero attached hydrogens (tertiary/aromatic N) is 5. The number of halogens is 2. The average Bonchev–Trinajstić information content (AvgIpc) is 3.96. The zero-order valence-electron chi connectivity index (χ0n) is 37.3. The number of benzene rings is 4. The molecule has 0 radical (unpaired) electrons. The Morgan fingerprint density at radius 2 is 1.29 bits per heavy atom. The number of ether oxygens (including phenoxy) is 2. The van der Waals surface area contributed by atoms with Gasteiger partial charge < -0.3 is 31.3 Å². The van der Waals surface area contributed by atoms with Crippen LogP contribution >= 0.6 is 15.9 Å². The maximum absolute atomic E-state index is 11.9. The molecule has 4 heterocycles. The standard InChI is InChI=1S/C21H21N3O2.C16H11BrN2O2.C5H11N.CH3F.CH2O3.CH4.2K.H/c1-14-7-6-12-24(14)20-19(15-8-4-3-5-9-15)22-17-11-10-16(21(25)26-2)13-18(17)23-20;1-21-16(20)11-7-8-12-13(9-11)19-15(17)14(18-12)10-5-3-2-4-6-10;1-5-3-2-4-6-5;1-2;2-1-4-3;;;;/h3-5,8-11,13-14H,6-7,12H2,1-2H3;2-9H,1H3;5-6H,2-4H2,1H3;1H3;1,3H;1H4;;;/q;;;;;;2*+1;-1/p-1/t14-;;;;;;;;/m0......../s1/i;;;1D;;;;;. The van der Waals surface area contributed by atoms with Crippen LogP contribution in [0.3, 0.4) is 0 Å². The van der Waals surface area contributed by atoms with Crippen molar-refractivity contribution in [2.45, 2.75) is 59.0 Å². The van der Waals surface area contributed by atoms with E-state index in [0.717, 1.165) is 64.8 Å². The maximum atomic E-state index is 11.9. The summed E-state index contributed by atoms with van der Waals surface area (Å²) >= 11 is 3.44. The molecule has 6 aromatic rings. The van der Waals surface area contributed by atoms with Crippen LogP contribution in [-0.4, -0.2) is 84.9 Å². The molecule has 0 aliphatic carbocycles. The van der Waals surface area contributed by atoms with E-state index in [1.807, 2.05) is 54.6 Å². The van der Waals surface area contributed by atoms with Crippen molar-refractivity contribution in [3.63, 3.8) is 0 Å². The van der Waals surface area contributed by atoms with Crippen molar-refractivity contribution >= 4 is 62.2 Å². The van der Waals surface area contributed by atoms with E-state index in [2.05, 4.69) is 67.0 Å². The van der Waals surface area contributed by atoms with Gasteiger partial charge in [-0.3, -0.25) is 9.18 Å². The van der Waals surface area contributed by atoms with Gasteiger partial charge in [0.1, 0.15) is 16.0 Å². The predicted octanol–water partition coefficient (Wildman–Crippen LogP) is 2.45. The second-order valence-electron chi connectivity index (χ2n) is 13.3. The van der Waals surface area contributed by atoms with E-state index < -0.39 is 7.15 Å². The molecule has 320 valence electrons. The molecule has 8 rings (SSSR count). The van der Waals surface area contributed by atoms with Crippen LogP contribution in [0.1, 0.15) is 70.5 Å². The van der Waals surface area contributed by atoms with Crippen LogP contribution in [-0.2, 0) is 19.2 Å². The minimum atomic E-state index is -1.00. The van der Waals surface area contributed by atoms with Gasteiger partial charge in [0.15, 0.2) is 5.82 Å². The molecule has 13 nitrogen and oxygen atoms in total. The van der Waals surface area contributed by atoms with Crippen molar-refractivity contribution in [2.24, 2.45) is 0 Å². The van der Waals surface area contributed by atoms with Gasteiger partial charge in [-0.25, -0.2) is 29.5 Å². The second kappa shape index (κ2) is 30.5. The van der Waals surface area contributed by atoms with Gasteiger partial charge in [0, 0.05) is 29.8 Å². The number of alkyl halides is 1. The third-order valence-corrected chi connectivity index (χ3v) is 9.93. The van der Waals surface area contributed by atoms with Crippen LogP contribution in [0.2, 0.25) is 0 Å². The summed E-state index contributed by atoms with van der Waals surface area (Å²) in [5.41, 5.74) is 7.49. The number of aromatic nitrogens is 4. The molecule has 2 saturated heterocycles. The largest absolute Gasteiger partial charge is 1.00 e. The van der Waals surface area contributed by atoms with Crippen molar-refractivity contribution in [3.8, 4) is 22.5 Å². The maximum Gasteiger partial charge on any atom is 1.00 e. The summed E-state index contributed by atoms with van der Waals surface area (Å²) in [5, 5.41) is 11.8. The smallest absolute Gasteiger partial charge is 1.00 e. The zero-order chi connectivity index (χ0) is 43.4. The van der Waals surface area contributed by atoms with Crippen LogP contribution in [0.4, 0.5) is 10.2 Å². The summed E-state index contributed by atoms with van der Waals surface area (Å²) in [4.78, 5) is 55.9. The number of rotatable bonds is 6. The number of fused-ring (bicyclic) bond motifs is 2. The van der Waals surface area contributed by atoms with Gasteiger partial charge in [-0.1, -0.05) is 68.1 Å². The molecule has 0 bridgehead atoms. The van der Waals surface area contributed by atoms with Gasteiger partial charge in [-0.15, -0.1) is 0 Å². The van der Waals surface area contributed by atoms with Crippen molar-refractivity contribution in [2.75, 3.05) is 39.4 Å². The Balaban J connectivity index is 0.000000935. The van der Waals surface area contributed by atoms with Crippen LogP contribution in [0.5, 0.6) is 0 Å². The van der Waals surface area contributed by atoms with Gasteiger partial charge in [0.25, 0.3) is 6.47 Å². The van der Waals surface area contributed by atoms with E-state index in [4.69, 9.17) is 30.9 Å². The molecule has 17 heteroatoms. The number of hydrogen-bond acceptors (Lipinski definition) is 13. The van der Waals surface area contributed by atoms with Crippen LogP contribution in [0, 0.1) is 0 Å². The molecule has 4 aromatic carbocycles. The van der Waals surface area contributed by atoms with E-state index in [9.17, 15) is 14.0 Å². The minimum absolute atomic E-state index is 0. The van der Waals surface area contributed by atoms with Crippen LogP contribution < -0.4 is 118 Å². The van der Waals surface area contributed by atoms with E-state index in [1.54, 1.807) is 30.3 Å². The molecular formula is C45H52BrFK2N6O7. The van der Waals surface area contributed by atoms with Crippen molar-refractivity contribution in [3.05, 3.63) is 113 Å². The molecule has 2 aromatic heterocycles. The number of nitrogens with one attached hydrogen (secondary N) is 1. The van der Waals surface area contributed by atoms with E-state index in [-0.39, 0.29) is 130 Å². The van der Waals surface area contributed by atoms with E-state index in [0.29, 0.717) is 32.8 Å². The summed E-state index contributed by atoms with van der Waals surface area (Å²) < 4.78 is 25.7. The quantitative estimate of drug-likeness (QED) is 0.0851. The Bertz CT molecular complexity index is 2330. The van der Waals surface area contributed by atoms with Crippen molar-refractivity contribution < 1.29 is 144 Å². The van der Waals surface area contributed by atoms with Gasteiger partial charge >= 0.3 is 115 Å². The molecule has 2 aliphatic heterocycles. The average molecular weight is 967 g/mol. The van der Waals surface area contributed by atoms with Gasteiger partial charge in [-0.05, 0) is 98.4 Å². The molecular weight excluding hydrogens is 914 g/mol. The number of anilines is 1. The fourth-order valence-corrected chi connectivity index (χ4v) is 6.95. The molecule has 2 atom stereocenters. The Morgan fingerprint density at radius 1 is 0.806 bits per heavy atom. The van der Waals surface area contributed by atoms with E-state index in [1.165, 1.54) is 33.6 Å². The number of carbonyl (C=O) groups excluding carboxylic acids is 3. The molecule has 0 saturated carbocycles. The van der Waals surface area contributed by atoms with Gasteiger partial charge in [0.05, 0.1) is 55.9 Å². The summed E-state index contributed by atoms with van der Waals surface area (Å²) in [6.07, 6.45) is 5.05. The Hall–Kier alpha value is -2.63. The van der Waals surface area contributed by atoms with E-state index >= 15 is 0 Å². The van der Waals surface area contributed by atoms with Crippen LogP contribution in [0.15, 0.2) is 102 Å². The molecule has 0 amide bonds.